The number of ether oxygens (including phenoxy) is 1. The minimum atomic E-state index is -0.411. The van der Waals surface area contributed by atoms with Gasteiger partial charge in [0.25, 0.3) is 0 Å². The van der Waals surface area contributed by atoms with Crippen LogP contribution in [0.15, 0.2) is 51.7 Å². The molecule has 3 aromatic rings. The molecule has 2 aromatic carbocycles. The fourth-order valence-electron chi connectivity index (χ4n) is 2.22. The van der Waals surface area contributed by atoms with Crippen molar-refractivity contribution in [1.29, 1.82) is 0 Å². The van der Waals surface area contributed by atoms with Crippen LogP contribution < -0.4 is 10.2 Å². The molecular weight excluding hydrogens is 336 g/mol. The van der Waals surface area contributed by atoms with Crippen LogP contribution in [0.1, 0.15) is 0 Å². The standard InChI is InChI=1S/C16H12O5.Cu/c1-20-15-12(19)7-10(17)14-11(18)8-13(21-16(14)15)9-5-3-2-4-6-9;/h2-8,17,19H,1H3;. The number of fused-ring (bicyclic) bond motifs is 1. The number of rotatable bonds is 2. The number of aromatic hydroxyl groups is 2. The van der Waals surface area contributed by atoms with Crippen LogP contribution in [0.2, 0.25) is 0 Å². The molecular formula is C16H12CuO5. The molecule has 0 aliphatic rings. The van der Waals surface area contributed by atoms with Crippen molar-refractivity contribution in [2.75, 3.05) is 7.11 Å². The number of hydrogen-bond acceptors (Lipinski definition) is 5. The molecule has 1 aromatic heterocycles. The summed E-state index contributed by atoms with van der Waals surface area (Å²) in [4.78, 5) is 12.2. The van der Waals surface area contributed by atoms with Crippen molar-refractivity contribution < 1.29 is 36.4 Å². The summed E-state index contributed by atoms with van der Waals surface area (Å²) in [6.07, 6.45) is 0. The summed E-state index contributed by atoms with van der Waals surface area (Å²) in [6, 6.07) is 11.4. The molecule has 0 fully saturated rings. The summed E-state index contributed by atoms with van der Waals surface area (Å²) in [5.74, 6) is -0.304. The van der Waals surface area contributed by atoms with Gasteiger partial charge in [-0.3, -0.25) is 4.79 Å². The first-order valence-electron chi connectivity index (χ1n) is 6.24. The summed E-state index contributed by atoms with van der Waals surface area (Å²) < 4.78 is 10.7. The fraction of sp³-hybridized carbons (Fsp3) is 0.0625. The zero-order valence-corrected chi connectivity index (χ0v) is 12.4. The van der Waals surface area contributed by atoms with E-state index in [0.29, 0.717) is 11.3 Å². The Morgan fingerprint density at radius 1 is 1.05 bits per heavy atom. The largest absolute Gasteiger partial charge is 0.507 e. The quantitative estimate of drug-likeness (QED) is 0.697. The molecule has 0 unspecified atom stereocenters. The van der Waals surface area contributed by atoms with Gasteiger partial charge in [0.2, 0.25) is 5.75 Å². The Kier molecular flexibility index (Phi) is 4.45. The van der Waals surface area contributed by atoms with Crippen LogP contribution in [0.5, 0.6) is 17.2 Å². The fourth-order valence-corrected chi connectivity index (χ4v) is 2.22. The molecule has 0 aliphatic carbocycles. The van der Waals surface area contributed by atoms with Crippen molar-refractivity contribution >= 4 is 11.0 Å². The number of methoxy groups -OCH3 is 1. The molecule has 1 heterocycles. The average molecular weight is 348 g/mol. The van der Waals surface area contributed by atoms with Crippen molar-refractivity contribution in [3.8, 4) is 28.6 Å². The van der Waals surface area contributed by atoms with E-state index in [0.717, 1.165) is 6.07 Å². The van der Waals surface area contributed by atoms with Gasteiger partial charge in [0.15, 0.2) is 16.8 Å². The molecule has 117 valence electrons. The molecule has 6 heteroatoms. The molecule has 0 saturated heterocycles. The predicted octanol–water partition coefficient (Wildman–Crippen LogP) is 2.88. The Morgan fingerprint density at radius 3 is 2.36 bits per heavy atom. The van der Waals surface area contributed by atoms with Gasteiger partial charge in [-0.2, -0.15) is 0 Å². The molecule has 3 rings (SSSR count). The summed E-state index contributed by atoms with van der Waals surface area (Å²) in [5.41, 5.74) is 0.314. The molecule has 0 amide bonds. The topological polar surface area (TPSA) is 79.9 Å². The number of hydrogen-bond donors (Lipinski definition) is 2. The minimum Gasteiger partial charge on any atom is -0.507 e. The van der Waals surface area contributed by atoms with Crippen LogP contribution >= 0.6 is 0 Å². The number of benzene rings is 2. The van der Waals surface area contributed by atoms with Crippen molar-refractivity contribution in [2.45, 2.75) is 0 Å². The van der Waals surface area contributed by atoms with Crippen molar-refractivity contribution in [2.24, 2.45) is 0 Å². The number of phenolic OH excluding ortho intramolecular Hbond substituents is 2. The Labute approximate surface area is 136 Å². The van der Waals surface area contributed by atoms with Gasteiger partial charge in [-0.1, -0.05) is 30.3 Å². The Morgan fingerprint density at radius 2 is 1.73 bits per heavy atom. The first-order chi connectivity index (χ1) is 10.1. The second-order valence-corrected chi connectivity index (χ2v) is 4.49. The van der Waals surface area contributed by atoms with Gasteiger partial charge in [0, 0.05) is 34.8 Å². The smallest absolute Gasteiger partial charge is 0.204 e. The zero-order valence-electron chi connectivity index (χ0n) is 11.5. The van der Waals surface area contributed by atoms with E-state index < -0.39 is 5.43 Å². The average Bonchev–Trinajstić information content (AvgIpc) is 2.47. The third-order valence-corrected chi connectivity index (χ3v) is 3.18. The van der Waals surface area contributed by atoms with E-state index in [1.54, 1.807) is 12.1 Å². The second-order valence-electron chi connectivity index (χ2n) is 4.49. The van der Waals surface area contributed by atoms with Crippen molar-refractivity contribution in [3.63, 3.8) is 0 Å². The molecule has 2 N–H and O–H groups in total. The minimum absolute atomic E-state index is 0. The van der Waals surface area contributed by atoms with Gasteiger partial charge in [0.1, 0.15) is 16.9 Å². The molecule has 0 bridgehead atoms. The van der Waals surface area contributed by atoms with Gasteiger partial charge in [0.05, 0.1) is 7.11 Å². The van der Waals surface area contributed by atoms with E-state index in [2.05, 4.69) is 0 Å². The maximum absolute atomic E-state index is 12.2. The van der Waals surface area contributed by atoms with E-state index in [-0.39, 0.29) is 45.3 Å². The van der Waals surface area contributed by atoms with E-state index in [1.807, 2.05) is 18.2 Å². The van der Waals surface area contributed by atoms with Crippen LogP contribution in [0, 0.1) is 0 Å². The van der Waals surface area contributed by atoms with Gasteiger partial charge in [-0.05, 0) is 0 Å². The molecule has 22 heavy (non-hydrogen) atoms. The molecule has 0 aliphatic heterocycles. The molecule has 5 nitrogen and oxygen atoms in total. The normalized spacial score (nSPS) is 10.2. The first-order valence-corrected chi connectivity index (χ1v) is 6.24. The summed E-state index contributed by atoms with van der Waals surface area (Å²) >= 11 is 0. The summed E-state index contributed by atoms with van der Waals surface area (Å²) in [5, 5.41) is 19.6. The molecule has 0 saturated carbocycles. The Hall–Kier alpha value is -2.43. The van der Waals surface area contributed by atoms with E-state index >= 15 is 0 Å². The van der Waals surface area contributed by atoms with E-state index in [1.165, 1.54) is 13.2 Å². The van der Waals surface area contributed by atoms with Gasteiger partial charge in [-0.25, -0.2) is 0 Å². The molecule has 0 atom stereocenters. The molecule has 1 radical (unpaired) electrons. The predicted molar refractivity (Wildman–Crippen MR) is 77.8 cm³/mol. The summed E-state index contributed by atoms with van der Waals surface area (Å²) in [6.45, 7) is 0. The van der Waals surface area contributed by atoms with Crippen molar-refractivity contribution in [1.82, 2.24) is 0 Å². The van der Waals surface area contributed by atoms with Gasteiger partial charge < -0.3 is 19.4 Å². The maximum atomic E-state index is 12.2. The molecule has 0 spiro atoms. The number of phenols is 2. The van der Waals surface area contributed by atoms with Crippen molar-refractivity contribution in [3.05, 3.63) is 52.7 Å². The van der Waals surface area contributed by atoms with E-state index in [4.69, 9.17) is 9.15 Å². The van der Waals surface area contributed by atoms with Crippen LogP contribution in [0.4, 0.5) is 0 Å². The Balaban J connectivity index is 0.00000176. The SMILES string of the molecule is COc1c(O)cc(O)c2c(=O)cc(-c3ccccc3)oc12.[Cu]. The first kappa shape index (κ1) is 15.9. The van der Waals surface area contributed by atoms with Crippen LogP contribution in [0.3, 0.4) is 0 Å². The zero-order chi connectivity index (χ0) is 15.0. The van der Waals surface area contributed by atoms with Crippen LogP contribution in [0.25, 0.3) is 22.3 Å². The van der Waals surface area contributed by atoms with Crippen LogP contribution in [-0.2, 0) is 17.1 Å². The second kappa shape index (κ2) is 6.13. The van der Waals surface area contributed by atoms with E-state index in [9.17, 15) is 15.0 Å². The Bertz CT molecular complexity index is 871. The maximum Gasteiger partial charge on any atom is 0.204 e. The van der Waals surface area contributed by atoms with Gasteiger partial charge in [-0.15, -0.1) is 0 Å². The van der Waals surface area contributed by atoms with Crippen LogP contribution in [-0.4, -0.2) is 17.3 Å². The third kappa shape index (κ3) is 2.54. The van der Waals surface area contributed by atoms with Gasteiger partial charge >= 0.3 is 0 Å². The monoisotopic (exact) mass is 347 g/mol. The summed E-state index contributed by atoms with van der Waals surface area (Å²) in [7, 11) is 1.35. The third-order valence-electron chi connectivity index (χ3n) is 3.18.